The van der Waals surface area contributed by atoms with Crippen molar-refractivity contribution in [3.8, 4) is 0 Å². The van der Waals surface area contributed by atoms with Gasteiger partial charge in [0.15, 0.2) is 0 Å². The number of benzene rings is 1. The third-order valence-corrected chi connectivity index (χ3v) is 5.29. The molecule has 2 aromatic heterocycles. The molecule has 1 aromatic carbocycles. The van der Waals surface area contributed by atoms with Gasteiger partial charge in [0.25, 0.3) is 0 Å². The molecule has 3 rings (SSSR count). The van der Waals surface area contributed by atoms with Crippen LogP contribution in [0, 0.1) is 0 Å². The van der Waals surface area contributed by atoms with Crippen molar-refractivity contribution in [2.45, 2.75) is 48.5 Å². The van der Waals surface area contributed by atoms with Crippen molar-refractivity contribution in [3.63, 3.8) is 0 Å². The van der Waals surface area contributed by atoms with Crippen molar-refractivity contribution in [1.29, 1.82) is 0 Å². The maximum Gasteiger partial charge on any atom is 0.208 e. The lowest BCUT2D eigenvalue weighted by Gasteiger charge is -2.02. The molecular formula is C16H20N6S2. The summed E-state index contributed by atoms with van der Waals surface area (Å²) in [7, 11) is 0. The van der Waals surface area contributed by atoms with Crippen LogP contribution in [0.15, 0.2) is 34.6 Å². The van der Waals surface area contributed by atoms with E-state index in [1.54, 1.807) is 23.5 Å². The van der Waals surface area contributed by atoms with E-state index in [-0.39, 0.29) is 0 Å². The van der Waals surface area contributed by atoms with Gasteiger partial charge < -0.3 is 0 Å². The first-order chi connectivity index (χ1) is 11.8. The average molecular weight is 361 g/mol. The number of aryl methyl sites for hydroxylation is 2. The van der Waals surface area contributed by atoms with Crippen molar-refractivity contribution >= 4 is 23.5 Å². The molecule has 0 radical (unpaired) electrons. The maximum atomic E-state index is 4.41. The van der Waals surface area contributed by atoms with E-state index >= 15 is 0 Å². The molecule has 0 aliphatic rings. The van der Waals surface area contributed by atoms with Gasteiger partial charge in [0, 0.05) is 24.3 Å². The summed E-state index contributed by atoms with van der Waals surface area (Å²) in [5.41, 5.74) is 2.53. The number of nitrogens with zero attached hydrogens (tertiary/aromatic N) is 4. The Labute approximate surface area is 149 Å². The van der Waals surface area contributed by atoms with Crippen LogP contribution in [0.2, 0.25) is 0 Å². The number of aromatic nitrogens is 6. The van der Waals surface area contributed by atoms with Gasteiger partial charge in [0.1, 0.15) is 11.6 Å². The first-order valence-corrected chi connectivity index (χ1v) is 9.90. The second-order valence-electron chi connectivity index (χ2n) is 5.23. The number of hydrogen-bond donors (Lipinski definition) is 2. The van der Waals surface area contributed by atoms with E-state index in [1.807, 2.05) is 0 Å². The maximum absolute atomic E-state index is 4.41. The van der Waals surface area contributed by atoms with Crippen molar-refractivity contribution in [1.82, 2.24) is 30.4 Å². The third kappa shape index (κ3) is 4.61. The Morgan fingerprint density at radius 2 is 1.17 bits per heavy atom. The van der Waals surface area contributed by atoms with Crippen molar-refractivity contribution in [2.75, 3.05) is 0 Å². The summed E-state index contributed by atoms with van der Waals surface area (Å²) >= 11 is 3.30. The highest BCUT2D eigenvalue weighted by Crippen LogP contribution is 2.22. The number of aromatic amines is 2. The monoisotopic (exact) mass is 360 g/mol. The smallest absolute Gasteiger partial charge is 0.208 e. The van der Waals surface area contributed by atoms with Crippen LogP contribution in [-0.4, -0.2) is 30.4 Å². The van der Waals surface area contributed by atoms with E-state index in [1.165, 1.54) is 11.1 Å². The topological polar surface area (TPSA) is 83.1 Å². The lowest BCUT2D eigenvalue weighted by molar-refractivity contribution is 0.941. The van der Waals surface area contributed by atoms with E-state index < -0.39 is 0 Å². The van der Waals surface area contributed by atoms with Gasteiger partial charge >= 0.3 is 0 Å². The number of rotatable bonds is 8. The zero-order valence-corrected chi connectivity index (χ0v) is 15.4. The molecule has 6 nitrogen and oxygen atoms in total. The Morgan fingerprint density at radius 1 is 0.750 bits per heavy atom. The van der Waals surface area contributed by atoms with Crippen LogP contribution in [0.25, 0.3) is 0 Å². The van der Waals surface area contributed by atoms with Gasteiger partial charge in [-0.25, -0.2) is 9.97 Å². The molecule has 0 bridgehead atoms. The first-order valence-electron chi connectivity index (χ1n) is 7.92. The molecule has 0 amide bonds. The minimum absolute atomic E-state index is 0.808. The van der Waals surface area contributed by atoms with Crippen molar-refractivity contribution in [2.24, 2.45) is 0 Å². The summed E-state index contributed by atoms with van der Waals surface area (Å²) < 4.78 is 0. The fourth-order valence-electron chi connectivity index (χ4n) is 2.03. The van der Waals surface area contributed by atoms with Gasteiger partial charge in [-0.05, 0) is 11.1 Å². The molecule has 3 aromatic rings. The molecule has 2 heterocycles. The molecule has 0 aliphatic heterocycles. The van der Waals surface area contributed by atoms with Crippen LogP contribution in [0.3, 0.4) is 0 Å². The second kappa shape index (κ2) is 8.34. The summed E-state index contributed by atoms with van der Waals surface area (Å²) in [5.74, 6) is 3.61. The fourth-order valence-corrected chi connectivity index (χ4v) is 3.57. The lowest BCUT2D eigenvalue weighted by atomic mass is 10.2. The Balaban J connectivity index is 1.49. The van der Waals surface area contributed by atoms with Crippen LogP contribution in [0.4, 0.5) is 0 Å². The van der Waals surface area contributed by atoms with Gasteiger partial charge in [-0.2, -0.15) is 0 Å². The highest BCUT2D eigenvalue weighted by molar-refractivity contribution is 7.98. The van der Waals surface area contributed by atoms with E-state index in [2.05, 4.69) is 68.5 Å². The van der Waals surface area contributed by atoms with Crippen molar-refractivity contribution in [3.05, 3.63) is 47.0 Å². The SMILES string of the molecule is CCc1nc(SCc2ccc(CSc3n[nH]c(CC)n3)cc2)n[nH]1. The fraction of sp³-hybridized carbons (Fsp3) is 0.375. The summed E-state index contributed by atoms with van der Waals surface area (Å²) in [6.07, 6.45) is 1.76. The largest absolute Gasteiger partial charge is 0.262 e. The molecule has 126 valence electrons. The number of nitrogens with one attached hydrogen (secondary N) is 2. The molecule has 0 aliphatic carbocycles. The standard InChI is InChI=1S/C16H20N6S2/c1-3-13-17-15(21-19-13)23-9-11-5-7-12(8-6-11)10-24-16-18-14(4-2)20-22-16/h5-8H,3-4,9-10H2,1-2H3,(H,17,19,21)(H,18,20,22). The summed E-state index contributed by atoms with van der Waals surface area (Å²) in [5, 5.41) is 15.9. The minimum Gasteiger partial charge on any atom is -0.262 e. The third-order valence-electron chi connectivity index (χ3n) is 3.45. The van der Waals surface area contributed by atoms with Gasteiger partial charge in [-0.3, -0.25) is 10.2 Å². The number of hydrogen-bond acceptors (Lipinski definition) is 6. The first kappa shape index (κ1) is 17.0. The Bertz CT molecular complexity index is 700. The minimum atomic E-state index is 0.808. The molecule has 0 unspecified atom stereocenters. The summed E-state index contributed by atoms with van der Waals surface area (Å²) in [6.45, 7) is 4.13. The van der Waals surface area contributed by atoms with Crippen LogP contribution < -0.4 is 0 Å². The predicted octanol–water partition coefficient (Wildman–Crippen LogP) is 3.63. The molecule has 8 heteroatoms. The van der Waals surface area contributed by atoms with Crippen LogP contribution in [-0.2, 0) is 24.3 Å². The summed E-state index contributed by atoms with van der Waals surface area (Å²) in [6, 6.07) is 8.63. The van der Waals surface area contributed by atoms with Gasteiger partial charge in [0.05, 0.1) is 0 Å². The average Bonchev–Trinajstić information content (AvgIpc) is 3.28. The van der Waals surface area contributed by atoms with Crippen LogP contribution >= 0.6 is 23.5 Å². The number of H-pyrrole nitrogens is 2. The zero-order chi connectivity index (χ0) is 16.8. The Hall–Kier alpha value is -1.80. The predicted molar refractivity (Wildman–Crippen MR) is 97.1 cm³/mol. The molecule has 2 N–H and O–H groups in total. The quantitative estimate of drug-likeness (QED) is 0.597. The molecule has 0 spiro atoms. The van der Waals surface area contributed by atoms with E-state index in [9.17, 15) is 0 Å². The summed E-state index contributed by atoms with van der Waals surface area (Å²) in [4.78, 5) is 8.82. The highest BCUT2D eigenvalue weighted by Gasteiger charge is 2.05. The second-order valence-corrected chi connectivity index (χ2v) is 7.12. The molecule has 0 saturated carbocycles. The van der Waals surface area contributed by atoms with Crippen molar-refractivity contribution < 1.29 is 0 Å². The molecule has 0 fully saturated rings. The van der Waals surface area contributed by atoms with Gasteiger partial charge in [-0.15, -0.1) is 10.2 Å². The van der Waals surface area contributed by atoms with Gasteiger partial charge in [0.2, 0.25) is 10.3 Å². The van der Waals surface area contributed by atoms with Crippen LogP contribution in [0.1, 0.15) is 36.6 Å². The Kier molecular flexibility index (Phi) is 5.92. The lowest BCUT2D eigenvalue weighted by Crippen LogP contribution is -1.86. The van der Waals surface area contributed by atoms with Crippen LogP contribution in [0.5, 0.6) is 0 Å². The normalized spacial score (nSPS) is 11.1. The van der Waals surface area contributed by atoms with E-state index in [0.29, 0.717) is 0 Å². The molecule has 0 saturated heterocycles. The highest BCUT2D eigenvalue weighted by atomic mass is 32.2. The van der Waals surface area contributed by atoms with E-state index in [4.69, 9.17) is 0 Å². The molecular weight excluding hydrogens is 340 g/mol. The molecule has 0 atom stereocenters. The number of thioether (sulfide) groups is 2. The Morgan fingerprint density at radius 3 is 1.50 bits per heavy atom. The van der Waals surface area contributed by atoms with Gasteiger partial charge in [-0.1, -0.05) is 61.6 Å². The molecule has 24 heavy (non-hydrogen) atoms. The zero-order valence-electron chi connectivity index (χ0n) is 13.7. The van der Waals surface area contributed by atoms with E-state index in [0.717, 1.165) is 46.3 Å².